The fraction of sp³-hybridized carbons (Fsp3) is 0. The number of allylic oxidation sites excluding steroid dienone is 7. The number of aliphatic hydroxyl groups excluding tert-OH is 1. The summed E-state index contributed by atoms with van der Waals surface area (Å²) in [4.78, 5) is 26.2. The van der Waals surface area contributed by atoms with E-state index >= 15 is 0 Å². The lowest BCUT2D eigenvalue weighted by molar-refractivity contribution is -0.112. The second kappa shape index (κ2) is 8.00. The molecule has 0 atom stereocenters. The molecule has 2 aliphatic rings. The van der Waals surface area contributed by atoms with Gasteiger partial charge in [-0.05, 0) is 59.7 Å². The summed E-state index contributed by atoms with van der Waals surface area (Å²) in [6.45, 7) is 0. The Morgan fingerprint density at radius 3 is 1.56 bits per heavy atom. The minimum absolute atomic E-state index is 0.0376. The maximum Gasteiger partial charge on any atom is 0.201 e. The van der Waals surface area contributed by atoms with E-state index < -0.39 is 0 Å². The molecule has 2 aliphatic carbocycles. The van der Waals surface area contributed by atoms with E-state index in [-0.39, 0.29) is 22.9 Å². The van der Waals surface area contributed by atoms with Gasteiger partial charge in [0.15, 0.2) is 5.78 Å². The first-order valence-electron chi connectivity index (χ1n) is 10.3. The Balaban J connectivity index is 1.51. The Kier molecular flexibility index (Phi) is 4.88. The number of anilines is 3. The molecule has 0 fully saturated rings. The Hall–Kier alpha value is -4.44. The summed E-state index contributed by atoms with van der Waals surface area (Å²) < 4.78 is 0. The van der Waals surface area contributed by atoms with Crippen molar-refractivity contribution in [2.75, 3.05) is 4.90 Å². The molecule has 0 unspecified atom stereocenters. The number of carbonyl (C=O) groups excluding carboxylic acids is 2. The van der Waals surface area contributed by atoms with Gasteiger partial charge in [-0.25, -0.2) is 0 Å². The third-order valence-corrected chi connectivity index (χ3v) is 5.51. The number of Topliss-reactive ketones (excluding diaryl/α,β-unsaturated/α-hetero) is 1. The smallest absolute Gasteiger partial charge is 0.201 e. The second-order valence-electron chi connectivity index (χ2n) is 7.51. The van der Waals surface area contributed by atoms with Crippen LogP contribution in [-0.2, 0) is 9.59 Å². The molecule has 0 spiro atoms. The Morgan fingerprint density at radius 1 is 0.562 bits per heavy atom. The summed E-state index contributed by atoms with van der Waals surface area (Å²) in [6.07, 6.45) is 5.89. The Morgan fingerprint density at radius 2 is 1.06 bits per heavy atom. The first-order chi connectivity index (χ1) is 15.6. The van der Waals surface area contributed by atoms with Crippen molar-refractivity contribution in [2.24, 2.45) is 0 Å². The largest absolute Gasteiger partial charge is 0.506 e. The highest BCUT2D eigenvalue weighted by molar-refractivity contribution is 6.39. The molecule has 3 aromatic carbocycles. The van der Waals surface area contributed by atoms with E-state index in [0.717, 1.165) is 17.1 Å². The van der Waals surface area contributed by atoms with Crippen molar-refractivity contribution in [2.45, 2.75) is 0 Å². The standard InChI is InChI=1S/C28H19NO3/c30-24-17-13-20(14-18-24)26-27(31)25(28(26)32)19-11-15-23(16-12-19)29(21-7-3-1-4-8-21)22-9-5-2-6-10-22/h1-18,31H. The number of hydrogen-bond donors (Lipinski definition) is 1. The lowest BCUT2D eigenvalue weighted by Gasteiger charge is -2.27. The molecular weight excluding hydrogens is 398 g/mol. The molecule has 154 valence electrons. The van der Waals surface area contributed by atoms with Crippen LogP contribution in [0.15, 0.2) is 126 Å². The number of carbonyl (C=O) groups is 2. The Labute approximate surface area is 185 Å². The molecule has 0 saturated carbocycles. The van der Waals surface area contributed by atoms with Crippen LogP contribution in [0.25, 0.3) is 5.57 Å². The monoisotopic (exact) mass is 417 g/mol. The van der Waals surface area contributed by atoms with E-state index in [0.29, 0.717) is 16.7 Å². The number of para-hydroxylation sites is 2. The topological polar surface area (TPSA) is 57.6 Å². The number of benzene rings is 3. The van der Waals surface area contributed by atoms with Crippen LogP contribution in [0.3, 0.4) is 0 Å². The molecule has 0 radical (unpaired) electrons. The van der Waals surface area contributed by atoms with Crippen LogP contribution in [0.1, 0.15) is 5.56 Å². The van der Waals surface area contributed by atoms with Crippen molar-refractivity contribution in [1.29, 1.82) is 0 Å². The fourth-order valence-electron chi connectivity index (χ4n) is 3.94. The zero-order valence-electron chi connectivity index (χ0n) is 17.1. The predicted octanol–water partition coefficient (Wildman–Crippen LogP) is 6.00. The highest BCUT2D eigenvalue weighted by atomic mass is 16.3. The average Bonchev–Trinajstić information content (AvgIpc) is 2.83. The van der Waals surface area contributed by atoms with Gasteiger partial charge in [0.2, 0.25) is 5.78 Å². The third kappa shape index (κ3) is 3.38. The summed E-state index contributed by atoms with van der Waals surface area (Å²) >= 11 is 0. The van der Waals surface area contributed by atoms with Gasteiger partial charge in [-0.3, -0.25) is 9.59 Å². The van der Waals surface area contributed by atoms with E-state index in [9.17, 15) is 14.7 Å². The third-order valence-electron chi connectivity index (χ3n) is 5.51. The van der Waals surface area contributed by atoms with Crippen LogP contribution < -0.4 is 4.90 Å². The van der Waals surface area contributed by atoms with Gasteiger partial charge >= 0.3 is 0 Å². The van der Waals surface area contributed by atoms with Crippen molar-refractivity contribution >= 4 is 34.2 Å². The molecule has 1 N–H and O–H groups in total. The first-order valence-corrected chi connectivity index (χ1v) is 10.3. The van der Waals surface area contributed by atoms with E-state index in [4.69, 9.17) is 0 Å². The highest BCUT2D eigenvalue weighted by Gasteiger charge is 2.36. The van der Waals surface area contributed by atoms with Crippen LogP contribution in [0.4, 0.5) is 17.1 Å². The van der Waals surface area contributed by atoms with E-state index in [1.165, 1.54) is 12.2 Å². The second-order valence-corrected chi connectivity index (χ2v) is 7.51. The first kappa shape index (κ1) is 19.5. The van der Waals surface area contributed by atoms with Gasteiger partial charge in [0.05, 0.1) is 11.1 Å². The molecule has 5 rings (SSSR count). The normalized spacial score (nSPS) is 15.2. The average molecular weight is 417 g/mol. The summed E-state index contributed by atoms with van der Waals surface area (Å²) in [5, 5.41) is 10.6. The van der Waals surface area contributed by atoms with Crippen LogP contribution in [0.2, 0.25) is 0 Å². The van der Waals surface area contributed by atoms with E-state index in [1.807, 2.05) is 84.9 Å². The molecule has 0 amide bonds. The molecule has 32 heavy (non-hydrogen) atoms. The fourth-order valence-corrected chi connectivity index (χ4v) is 3.94. The summed E-state index contributed by atoms with van der Waals surface area (Å²) in [7, 11) is 0. The SMILES string of the molecule is O=C1C=CC(=C2C(=O)C(c3ccc(N(c4ccccc4)c4ccccc4)cc3)=C2O)C=C1. The van der Waals surface area contributed by atoms with Crippen molar-refractivity contribution in [1.82, 2.24) is 0 Å². The van der Waals surface area contributed by atoms with Crippen molar-refractivity contribution in [3.8, 4) is 0 Å². The van der Waals surface area contributed by atoms with Gasteiger partial charge in [-0.15, -0.1) is 0 Å². The van der Waals surface area contributed by atoms with Gasteiger partial charge in [0.1, 0.15) is 5.76 Å². The number of ketones is 2. The summed E-state index contributed by atoms with van der Waals surface area (Å²) in [5.74, 6) is -0.400. The quantitative estimate of drug-likeness (QED) is 0.529. The number of aliphatic hydroxyl groups is 1. The molecular formula is C28H19NO3. The molecule has 4 heteroatoms. The van der Waals surface area contributed by atoms with Crippen LogP contribution in [0, 0.1) is 0 Å². The zero-order valence-corrected chi connectivity index (χ0v) is 17.1. The molecule has 0 heterocycles. The molecule has 0 saturated heterocycles. The van der Waals surface area contributed by atoms with E-state index in [1.54, 1.807) is 12.2 Å². The molecule has 0 aliphatic heterocycles. The minimum atomic E-state index is -0.225. The van der Waals surface area contributed by atoms with Crippen molar-refractivity contribution in [3.63, 3.8) is 0 Å². The molecule has 4 nitrogen and oxygen atoms in total. The van der Waals surface area contributed by atoms with Gasteiger partial charge in [-0.2, -0.15) is 0 Å². The van der Waals surface area contributed by atoms with Crippen LogP contribution >= 0.6 is 0 Å². The van der Waals surface area contributed by atoms with Crippen molar-refractivity contribution < 1.29 is 14.7 Å². The van der Waals surface area contributed by atoms with Gasteiger partial charge in [0.25, 0.3) is 0 Å². The minimum Gasteiger partial charge on any atom is -0.506 e. The lowest BCUT2D eigenvalue weighted by Crippen LogP contribution is -2.23. The van der Waals surface area contributed by atoms with Crippen LogP contribution in [0.5, 0.6) is 0 Å². The van der Waals surface area contributed by atoms with E-state index in [2.05, 4.69) is 4.90 Å². The Bertz CT molecular complexity index is 1270. The van der Waals surface area contributed by atoms with Crippen LogP contribution in [-0.4, -0.2) is 16.7 Å². The summed E-state index contributed by atoms with van der Waals surface area (Å²) in [6, 6.07) is 27.6. The van der Waals surface area contributed by atoms with Gasteiger partial charge in [0, 0.05) is 17.1 Å². The predicted molar refractivity (Wildman–Crippen MR) is 126 cm³/mol. The molecule has 0 aromatic heterocycles. The highest BCUT2D eigenvalue weighted by Crippen LogP contribution is 2.40. The van der Waals surface area contributed by atoms with Gasteiger partial charge in [-0.1, -0.05) is 60.7 Å². The number of rotatable bonds is 4. The number of nitrogens with zero attached hydrogens (tertiary/aromatic N) is 1. The maximum atomic E-state index is 12.8. The number of hydrogen-bond acceptors (Lipinski definition) is 4. The van der Waals surface area contributed by atoms with Gasteiger partial charge < -0.3 is 10.0 Å². The molecule has 0 bridgehead atoms. The zero-order chi connectivity index (χ0) is 22.1. The summed E-state index contributed by atoms with van der Waals surface area (Å²) in [5.41, 5.74) is 4.72. The van der Waals surface area contributed by atoms with Crippen molar-refractivity contribution in [3.05, 3.63) is 132 Å². The maximum absolute atomic E-state index is 12.8. The lowest BCUT2D eigenvalue weighted by atomic mass is 9.80. The molecule has 3 aromatic rings.